The van der Waals surface area contributed by atoms with Crippen LogP contribution in [0.15, 0.2) is 104 Å². The average molecular weight is 552 g/mol. The lowest BCUT2D eigenvalue weighted by Gasteiger charge is -2.19. The molecule has 0 saturated heterocycles. The summed E-state index contributed by atoms with van der Waals surface area (Å²) >= 11 is 1.53. The van der Waals surface area contributed by atoms with Crippen molar-refractivity contribution in [1.82, 2.24) is 24.9 Å². The summed E-state index contributed by atoms with van der Waals surface area (Å²) in [5.41, 5.74) is 4.23. The second kappa shape index (κ2) is 11.3. The summed E-state index contributed by atoms with van der Waals surface area (Å²) in [6.45, 7) is 0. The Morgan fingerprint density at radius 3 is 2.44 bits per heavy atom. The number of para-hydroxylation sites is 1. The molecular formula is C29H22ClN7OS. The Morgan fingerprint density at radius 1 is 0.846 bits per heavy atom. The number of nitrogens with one attached hydrogen (secondary N) is 1. The van der Waals surface area contributed by atoms with Crippen LogP contribution in [0.1, 0.15) is 10.5 Å². The lowest BCUT2D eigenvalue weighted by Crippen LogP contribution is -2.18. The summed E-state index contributed by atoms with van der Waals surface area (Å²) in [4.78, 5) is 38.0. The predicted molar refractivity (Wildman–Crippen MR) is 158 cm³/mol. The van der Waals surface area contributed by atoms with Crippen LogP contribution in [0, 0.1) is 0 Å². The summed E-state index contributed by atoms with van der Waals surface area (Å²) in [7, 11) is 1.88. The van der Waals surface area contributed by atoms with Crippen LogP contribution in [0.25, 0.3) is 32.2 Å². The summed E-state index contributed by atoms with van der Waals surface area (Å²) in [5.74, 6) is 0.681. The quantitative estimate of drug-likeness (QED) is 0.247. The van der Waals surface area contributed by atoms with Crippen molar-refractivity contribution >= 4 is 57.1 Å². The Kier molecular flexibility index (Phi) is 7.53. The Hall–Kier alpha value is -4.73. The largest absolute Gasteiger partial charge is 0.328 e. The molecule has 0 spiro atoms. The number of halogens is 1. The van der Waals surface area contributed by atoms with Gasteiger partial charge in [-0.3, -0.25) is 14.8 Å². The molecule has 10 heteroatoms. The fourth-order valence-electron chi connectivity index (χ4n) is 3.98. The van der Waals surface area contributed by atoms with Crippen molar-refractivity contribution in [3.05, 3.63) is 109 Å². The molecule has 0 bridgehead atoms. The van der Waals surface area contributed by atoms with Crippen LogP contribution < -0.4 is 10.2 Å². The van der Waals surface area contributed by atoms with E-state index in [-0.39, 0.29) is 24.0 Å². The van der Waals surface area contributed by atoms with Gasteiger partial charge in [-0.1, -0.05) is 42.5 Å². The highest BCUT2D eigenvalue weighted by Gasteiger charge is 2.18. The highest BCUT2D eigenvalue weighted by Crippen LogP contribution is 2.34. The monoisotopic (exact) mass is 551 g/mol. The Morgan fingerprint density at radius 2 is 1.64 bits per heavy atom. The maximum Gasteiger partial charge on any atom is 0.274 e. The van der Waals surface area contributed by atoms with Gasteiger partial charge in [0.2, 0.25) is 0 Å². The second-order valence-electron chi connectivity index (χ2n) is 8.43. The third-order valence-corrected chi connectivity index (χ3v) is 6.99. The minimum Gasteiger partial charge on any atom is -0.328 e. The number of rotatable bonds is 6. The van der Waals surface area contributed by atoms with Gasteiger partial charge >= 0.3 is 0 Å². The Bertz CT molecular complexity index is 1710. The number of fused-ring (bicyclic) bond motifs is 1. The molecule has 4 aromatic heterocycles. The number of aromatic nitrogens is 5. The number of nitrogens with zero attached hydrogens (tertiary/aromatic N) is 6. The van der Waals surface area contributed by atoms with Gasteiger partial charge in [-0.05, 0) is 30.3 Å². The number of amides is 1. The Labute approximate surface area is 234 Å². The highest BCUT2D eigenvalue weighted by atomic mass is 35.5. The zero-order valence-electron chi connectivity index (χ0n) is 20.7. The van der Waals surface area contributed by atoms with E-state index in [9.17, 15) is 4.79 Å². The first-order chi connectivity index (χ1) is 18.7. The molecule has 6 aromatic rings. The van der Waals surface area contributed by atoms with Crippen molar-refractivity contribution in [1.29, 1.82) is 0 Å². The van der Waals surface area contributed by atoms with Gasteiger partial charge in [0.1, 0.15) is 16.5 Å². The van der Waals surface area contributed by atoms with E-state index >= 15 is 0 Å². The minimum absolute atomic E-state index is 0. The number of pyridine rings is 2. The average Bonchev–Trinajstić information content (AvgIpc) is 3.42. The smallest absolute Gasteiger partial charge is 0.274 e. The number of thiazole rings is 1. The topological polar surface area (TPSA) is 96.8 Å². The van der Waals surface area contributed by atoms with Crippen LogP contribution in [0.5, 0.6) is 0 Å². The normalized spacial score (nSPS) is 10.6. The van der Waals surface area contributed by atoms with Crippen molar-refractivity contribution in [2.24, 2.45) is 0 Å². The van der Waals surface area contributed by atoms with Crippen LogP contribution in [0.2, 0.25) is 0 Å². The summed E-state index contributed by atoms with van der Waals surface area (Å²) in [6, 6.07) is 24.6. The van der Waals surface area contributed by atoms with E-state index in [2.05, 4.69) is 20.3 Å². The first-order valence-corrected chi connectivity index (χ1v) is 12.7. The maximum atomic E-state index is 13.6. The number of hydrogen-bond acceptors (Lipinski definition) is 8. The maximum absolute atomic E-state index is 13.6. The number of benzene rings is 2. The van der Waals surface area contributed by atoms with Crippen molar-refractivity contribution in [3.63, 3.8) is 0 Å². The van der Waals surface area contributed by atoms with Crippen molar-refractivity contribution in [3.8, 4) is 22.0 Å². The Balaban J connectivity index is 0.00000308. The van der Waals surface area contributed by atoms with Gasteiger partial charge in [0, 0.05) is 42.8 Å². The lowest BCUT2D eigenvalue weighted by molar-refractivity contribution is 0.102. The zero-order valence-corrected chi connectivity index (χ0v) is 22.4. The third kappa shape index (κ3) is 5.45. The minimum atomic E-state index is -0.347. The number of anilines is 3. The molecule has 0 aliphatic rings. The van der Waals surface area contributed by atoms with E-state index < -0.39 is 0 Å². The van der Waals surface area contributed by atoms with E-state index in [0.717, 1.165) is 32.0 Å². The van der Waals surface area contributed by atoms with E-state index in [1.165, 1.54) is 11.3 Å². The van der Waals surface area contributed by atoms with Crippen LogP contribution in [0.4, 0.5) is 17.2 Å². The molecule has 0 radical (unpaired) electrons. The molecule has 0 aliphatic carbocycles. The van der Waals surface area contributed by atoms with Crippen LogP contribution in [-0.2, 0) is 0 Å². The fraction of sp³-hybridized carbons (Fsp3) is 0.0345. The molecule has 0 fully saturated rings. The van der Waals surface area contributed by atoms with Crippen LogP contribution in [0.3, 0.4) is 0 Å². The number of carbonyl (C=O) groups is 1. The molecule has 4 heterocycles. The molecule has 1 N–H and O–H groups in total. The molecule has 1 amide bonds. The molecule has 0 atom stereocenters. The van der Waals surface area contributed by atoms with E-state index in [1.54, 1.807) is 30.9 Å². The lowest BCUT2D eigenvalue weighted by atomic mass is 10.1. The highest BCUT2D eigenvalue weighted by molar-refractivity contribution is 7.21. The van der Waals surface area contributed by atoms with E-state index in [4.69, 9.17) is 9.97 Å². The van der Waals surface area contributed by atoms with E-state index in [1.807, 2.05) is 84.7 Å². The van der Waals surface area contributed by atoms with Gasteiger partial charge in [0.05, 0.1) is 27.8 Å². The molecule has 192 valence electrons. The predicted octanol–water partition coefficient (Wildman–Crippen LogP) is 6.65. The molecule has 0 aliphatic heterocycles. The van der Waals surface area contributed by atoms with Gasteiger partial charge in [-0.2, -0.15) is 0 Å². The SMILES string of the molecule is CN(c1cccnc1)c1cc(C(=O)Nc2ccccc2-c2nc3ccncc3s2)nc(-c2ccccc2)n1.Cl. The van der Waals surface area contributed by atoms with Gasteiger partial charge in [-0.25, -0.2) is 15.0 Å². The van der Waals surface area contributed by atoms with E-state index in [0.29, 0.717) is 17.3 Å². The molecule has 8 nitrogen and oxygen atoms in total. The van der Waals surface area contributed by atoms with Crippen LogP contribution in [-0.4, -0.2) is 37.9 Å². The zero-order chi connectivity index (χ0) is 25.9. The van der Waals surface area contributed by atoms with Crippen molar-refractivity contribution in [2.75, 3.05) is 17.3 Å². The fourth-order valence-corrected chi connectivity index (χ4v) is 4.96. The van der Waals surface area contributed by atoms with Crippen molar-refractivity contribution in [2.45, 2.75) is 0 Å². The van der Waals surface area contributed by atoms with Gasteiger partial charge in [0.15, 0.2) is 5.82 Å². The van der Waals surface area contributed by atoms with Crippen molar-refractivity contribution < 1.29 is 4.79 Å². The molecule has 0 unspecified atom stereocenters. The standard InChI is InChI=1S/C29H21N7OS.ClH/c1-36(20-10-7-14-30-17-20)26-16-24(32-27(35-26)19-8-3-2-4-9-19)28(37)33-22-12-6-5-11-21(22)29-34-23-13-15-31-18-25(23)38-29;/h2-18H,1H3,(H,33,37);1H. The molecule has 6 rings (SSSR count). The van der Waals surface area contributed by atoms with Gasteiger partial charge in [-0.15, -0.1) is 23.7 Å². The molecule has 0 saturated carbocycles. The number of hydrogen-bond donors (Lipinski definition) is 1. The number of carbonyl (C=O) groups excluding carboxylic acids is 1. The third-order valence-electron chi connectivity index (χ3n) is 5.95. The molecule has 39 heavy (non-hydrogen) atoms. The molecular weight excluding hydrogens is 530 g/mol. The first-order valence-electron chi connectivity index (χ1n) is 11.9. The van der Waals surface area contributed by atoms with Crippen LogP contribution >= 0.6 is 23.7 Å². The van der Waals surface area contributed by atoms with Gasteiger partial charge < -0.3 is 10.2 Å². The summed E-state index contributed by atoms with van der Waals surface area (Å²) in [5, 5.41) is 3.84. The van der Waals surface area contributed by atoms with Gasteiger partial charge in [0.25, 0.3) is 5.91 Å². The first kappa shape index (κ1) is 25.9. The summed E-state index contributed by atoms with van der Waals surface area (Å²) < 4.78 is 0.981. The molecule has 2 aromatic carbocycles. The second-order valence-corrected chi connectivity index (χ2v) is 9.46. The summed E-state index contributed by atoms with van der Waals surface area (Å²) in [6.07, 6.45) is 6.97.